The summed E-state index contributed by atoms with van der Waals surface area (Å²) in [4.78, 5) is 4.10. The van der Waals surface area contributed by atoms with Gasteiger partial charge in [0.15, 0.2) is 0 Å². The van der Waals surface area contributed by atoms with Crippen LogP contribution in [-0.4, -0.2) is 26.5 Å². The Bertz CT molecular complexity index is 455. The van der Waals surface area contributed by atoms with E-state index in [1.165, 1.54) is 11.1 Å². The van der Waals surface area contributed by atoms with Crippen molar-refractivity contribution < 1.29 is 4.74 Å². The van der Waals surface area contributed by atoms with Crippen molar-refractivity contribution in [3.05, 3.63) is 34.9 Å². The van der Waals surface area contributed by atoms with Crippen LogP contribution in [0.5, 0.6) is 0 Å². The van der Waals surface area contributed by atoms with E-state index in [-0.39, 0.29) is 0 Å². The quantitative estimate of drug-likeness (QED) is 0.588. The molecule has 2 nitrogen and oxygen atoms in total. The average molecular weight is 243 g/mol. The number of rotatable bonds is 4. The summed E-state index contributed by atoms with van der Waals surface area (Å²) >= 11 is 0. The van der Waals surface area contributed by atoms with Gasteiger partial charge in [-0.25, -0.2) is 0 Å². The molecule has 0 saturated heterocycles. The summed E-state index contributed by atoms with van der Waals surface area (Å²) in [6.07, 6.45) is 2.07. The number of aryl methyl sites for hydroxylation is 2. The Morgan fingerprint density at radius 2 is 1.78 bits per heavy atom. The van der Waals surface area contributed by atoms with Gasteiger partial charge >= 0.3 is 0 Å². The van der Waals surface area contributed by atoms with E-state index >= 15 is 0 Å². The molecule has 1 rings (SSSR count). The Morgan fingerprint density at radius 1 is 1.17 bits per heavy atom. The second-order valence-electron chi connectivity index (χ2n) is 4.10. The predicted octanol–water partition coefficient (Wildman–Crippen LogP) is 2.88. The fraction of sp³-hybridized carbons (Fsp3) is 0.438. The summed E-state index contributed by atoms with van der Waals surface area (Å²) < 4.78 is 5.04. The minimum absolute atomic E-state index is 0.470. The molecular weight excluding hydrogens is 222 g/mol. The lowest BCUT2D eigenvalue weighted by atomic mass is 10.0. The fourth-order valence-corrected chi connectivity index (χ4v) is 1.68. The van der Waals surface area contributed by atoms with Crippen LogP contribution in [0.2, 0.25) is 0 Å². The number of hydrogen-bond donors (Lipinski definition) is 0. The second kappa shape index (κ2) is 7.68. The first-order chi connectivity index (χ1) is 8.73. The van der Waals surface area contributed by atoms with Crippen molar-refractivity contribution in [3.8, 4) is 11.8 Å². The van der Waals surface area contributed by atoms with Gasteiger partial charge in [0.25, 0.3) is 0 Å². The van der Waals surface area contributed by atoms with Gasteiger partial charge in [0, 0.05) is 19.7 Å². The maximum atomic E-state index is 5.04. The summed E-state index contributed by atoms with van der Waals surface area (Å²) in [6.45, 7) is 4.79. The van der Waals surface area contributed by atoms with E-state index in [4.69, 9.17) is 4.74 Å². The number of aliphatic imine (C=N–C) groups is 1. The van der Waals surface area contributed by atoms with Crippen molar-refractivity contribution in [2.75, 3.05) is 20.8 Å². The molecule has 1 aromatic rings. The molecule has 0 unspecified atom stereocenters. The van der Waals surface area contributed by atoms with Crippen molar-refractivity contribution >= 4 is 5.71 Å². The van der Waals surface area contributed by atoms with E-state index in [1.54, 1.807) is 14.2 Å². The highest BCUT2D eigenvalue weighted by atomic mass is 16.5. The Labute approximate surface area is 110 Å². The lowest BCUT2D eigenvalue weighted by Crippen LogP contribution is -2.03. The zero-order chi connectivity index (χ0) is 13.4. The van der Waals surface area contributed by atoms with Crippen LogP contribution in [0.3, 0.4) is 0 Å². The second-order valence-corrected chi connectivity index (χ2v) is 4.10. The summed E-state index contributed by atoms with van der Waals surface area (Å²) in [5, 5.41) is 0. The lowest BCUT2D eigenvalue weighted by molar-refractivity contribution is 0.246. The average Bonchev–Trinajstić information content (AvgIpc) is 2.42. The highest BCUT2D eigenvalue weighted by molar-refractivity contribution is 6.01. The Balaban J connectivity index is 3.00. The summed E-state index contributed by atoms with van der Waals surface area (Å²) in [7, 11) is 3.39. The molecule has 0 fully saturated rings. The topological polar surface area (TPSA) is 21.6 Å². The zero-order valence-electron chi connectivity index (χ0n) is 11.7. The first-order valence-electron chi connectivity index (χ1n) is 6.32. The third kappa shape index (κ3) is 4.35. The molecule has 18 heavy (non-hydrogen) atoms. The van der Waals surface area contributed by atoms with Crippen molar-refractivity contribution in [2.45, 2.75) is 26.7 Å². The van der Waals surface area contributed by atoms with E-state index in [0.29, 0.717) is 6.61 Å². The van der Waals surface area contributed by atoms with Gasteiger partial charge in [-0.3, -0.25) is 4.99 Å². The zero-order valence-corrected chi connectivity index (χ0v) is 11.7. The van der Waals surface area contributed by atoms with Crippen LogP contribution in [-0.2, 0) is 17.6 Å². The first-order valence-corrected chi connectivity index (χ1v) is 6.32. The number of hydrogen-bond acceptors (Lipinski definition) is 2. The van der Waals surface area contributed by atoms with Crippen LogP contribution >= 0.6 is 0 Å². The highest BCUT2D eigenvalue weighted by Gasteiger charge is 1.97. The van der Waals surface area contributed by atoms with Crippen molar-refractivity contribution in [1.82, 2.24) is 0 Å². The molecule has 0 bridgehead atoms. The molecule has 0 saturated carbocycles. The number of ether oxygens (including phenoxy) is 1. The largest absolute Gasteiger partial charge is 0.378 e. The normalized spacial score (nSPS) is 11.0. The molecule has 0 aliphatic carbocycles. The predicted molar refractivity (Wildman–Crippen MR) is 77.3 cm³/mol. The molecule has 0 N–H and O–H groups in total. The Kier molecular flexibility index (Phi) is 6.18. The molecule has 2 heteroatoms. The SMILES string of the molecule is CCc1cc(C#CC(COC)=NC)cc(CC)c1. The molecule has 0 aliphatic rings. The van der Waals surface area contributed by atoms with Crippen LogP contribution in [0.4, 0.5) is 0 Å². The third-order valence-corrected chi connectivity index (χ3v) is 2.77. The van der Waals surface area contributed by atoms with E-state index in [9.17, 15) is 0 Å². The van der Waals surface area contributed by atoms with Crippen molar-refractivity contribution in [2.24, 2.45) is 4.99 Å². The van der Waals surface area contributed by atoms with Gasteiger partial charge in [-0.05, 0) is 42.0 Å². The third-order valence-electron chi connectivity index (χ3n) is 2.77. The van der Waals surface area contributed by atoms with E-state index in [0.717, 1.165) is 24.1 Å². The molecule has 0 amide bonds. The van der Waals surface area contributed by atoms with Gasteiger partial charge in [-0.2, -0.15) is 0 Å². The van der Waals surface area contributed by atoms with Gasteiger partial charge in [0.2, 0.25) is 0 Å². The summed E-state index contributed by atoms with van der Waals surface area (Å²) in [5.74, 6) is 6.23. The lowest BCUT2D eigenvalue weighted by Gasteiger charge is -2.03. The van der Waals surface area contributed by atoms with Gasteiger partial charge in [-0.15, -0.1) is 0 Å². The van der Waals surface area contributed by atoms with Crippen molar-refractivity contribution in [1.29, 1.82) is 0 Å². The van der Waals surface area contributed by atoms with Crippen LogP contribution < -0.4 is 0 Å². The Hall–Kier alpha value is -1.59. The van der Waals surface area contributed by atoms with E-state index in [2.05, 4.69) is 48.9 Å². The molecule has 1 aromatic carbocycles. The summed E-state index contributed by atoms with van der Waals surface area (Å²) in [5.41, 5.74) is 4.50. The van der Waals surface area contributed by atoms with Crippen molar-refractivity contribution in [3.63, 3.8) is 0 Å². The molecule has 0 radical (unpaired) electrons. The van der Waals surface area contributed by atoms with Crippen LogP contribution in [0.25, 0.3) is 0 Å². The molecule has 0 aromatic heterocycles. The summed E-state index contributed by atoms with van der Waals surface area (Å²) in [6, 6.07) is 6.54. The van der Waals surface area contributed by atoms with Gasteiger partial charge < -0.3 is 4.74 Å². The number of nitrogens with zero attached hydrogens (tertiary/aromatic N) is 1. The highest BCUT2D eigenvalue weighted by Crippen LogP contribution is 2.11. The van der Waals surface area contributed by atoms with E-state index < -0.39 is 0 Å². The maximum Gasteiger partial charge on any atom is 0.110 e. The molecule has 96 valence electrons. The number of benzene rings is 1. The minimum Gasteiger partial charge on any atom is -0.378 e. The number of methoxy groups -OCH3 is 1. The molecule has 0 atom stereocenters. The monoisotopic (exact) mass is 243 g/mol. The molecule has 0 heterocycles. The minimum atomic E-state index is 0.470. The first kappa shape index (κ1) is 14.5. The van der Waals surface area contributed by atoms with Crippen LogP contribution in [0.15, 0.2) is 23.2 Å². The van der Waals surface area contributed by atoms with Gasteiger partial charge in [0.1, 0.15) is 5.71 Å². The molecular formula is C16H21NO. The smallest absolute Gasteiger partial charge is 0.110 e. The fourth-order valence-electron chi connectivity index (χ4n) is 1.68. The molecule has 0 aliphatic heterocycles. The van der Waals surface area contributed by atoms with E-state index in [1.807, 2.05) is 0 Å². The van der Waals surface area contributed by atoms with Gasteiger partial charge in [-0.1, -0.05) is 25.8 Å². The van der Waals surface area contributed by atoms with Crippen LogP contribution in [0, 0.1) is 11.8 Å². The standard InChI is InChI=1S/C16H21NO/c1-5-13-9-14(6-2)11-15(10-13)7-8-16(17-3)12-18-4/h9-11H,5-6,12H2,1-4H3. The Morgan fingerprint density at radius 3 is 2.22 bits per heavy atom. The van der Waals surface area contributed by atoms with Crippen LogP contribution in [0.1, 0.15) is 30.5 Å². The van der Waals surface area contributed by atoms with Gasteiger partial charge in [0.05, 0.1) is 6.61 Å². The maximum absolute atomic E-state index is 5.04. The molecule has 0 spiro atoms.